The van der Waals surface area contributed by atoms with E-state index in [1.165, 1.54) is 16.2 Å². The summed E-state index contributed by atoms with van der Waals surface area (Å²) in [5, 5.41) is 2.56. The molecule has 7 atom stereocenters. The van der Waals surface area contributed by atoms with Crippen molar-refractivity contribution in [2.45, 2.75) is 134 Å². The van der Waals surface area contributed by atoms with E-state index in [4.69, 9.17) is 9.47 Å². The van der Waals surface area contributed by atoms with Gasteiger partial charge >= 0.3 is 12.1 Å². The zero-order valence-corrected chi connectivity index (χ0v) is 35.4. The molecule has 0 bridgehead atoms. The zero-order chi connectivity index (χ0) is 42.4. The van der Waals surface area contributed by atoms with E-state index in [9.17, 15) is 40.8 Å². The molecule has 2 saturated carbocycles. The molecule has 58 heavy (non-hydrogen) atoms. The molecule has 0 unspecified atom stereocenters. The molecular formula is C41H53F3N4O8S2. The van der Waals surface area contributed by atoms with E-state index < -0.39 is 91.8 Å². The first-order valence-corrected chi connectivity index (χ1v) is 22.3. The maximum atomic E-state index is 14.9. The van der Waals surface area contributed by atoms with Crippen molar-refractivity contribution in [2.75, 3.05) is 6.54 Å². The summed E-state index contributed by atoms with van der Waals surface area (Å²) in [5.74, 6) is -4.58. The number of halogens is 3. The Bertz CT molecular complexity index is 2050. The normalized spacial score (nSPS) is 29.6. The van der Waals surface area contributed by atoms with Crippen LogP contribution >= 0.6 is 11.3 Å². The largest absolute Gasteiger partial charge is 0.488 e. The highest BCUT2D eigenvalue weighted by molar-refractivity contribution is 7.91. The van der Waals surface area contributed by atoms with Crippen LogP contribution in [-0.4, -0.2) is 82.1 Å². The molecule has 4 heterocycles. The van der Waals surface area contributed by atoms with Crippen LogP contribution in [0.15, 0.2) is 35.9 Å². The van der Waals surface area contributed by atoms with Crippen molar-refractivity contribution in [1.82, 2.24) is 19.6 Å². The fraction of sp³-hybridized carbons (Fsp3) is 0.659. The number of carbonyl (C=O) groups is 4. The lowest BCUT2D eigenvalue weighted by atomic mass is 9.79. The third-order valence-corrected chi connectivity index (χ3v) is 15.6. The van der Waals surface area contributed by atoms with Crippen molar-refractivity contribution in [3.63, 3.8) is 0 Å². The quantitative estimate of drug-likeness (QED) is 0.193. The van der Waals surface area contributed by atoms with Crippen molar-refractivity contribution in [3.8, 4) is 16.5 Å². The highest BCUT2D eigenvalue weighted by Gasteiger charge is 2.63. The summed E-state index contributed by atoms with van der Waals surface area (Å²) < 4.78 is 80.4. The number of rotatable bonds is 10. The number of fused-ring (bicyclic) bond motifs is 2. The van der Waals surface area contributed by atoms with Crippen LogP contribution in [0.5, 0.6) is 5.75 Å². The number of sulfonamides is 1. The first-order valence-electron chi connectivity index (χ1n) is 20.0. The van der Waals surface area contributed by atoms with E-state index in [0.29, 0.717) is 55.0 Å². The molecule has 2 aliphatic carbocycles. The van der Waals surface area contributed by atoms with Gasteiger partial charge in [-0.1, -0.05) is 32.4 Å². The molecule has 6 rings (SSSR count). The molecule has 0 radical (unpaired) electrons. The van der Waals surface area contributed by atoms with Crippen molar-refractivity contribution in [3.05, 3.63) is 41.6 Å². The smallest absolute Gasteiger partial charge is 0.427 e. The van der Waals surface area contributed by atoms with Gasteiger partial charge in [0.15, 0.2) is 5.78 Å². The number of allylic oxidation sites excluding steroid dienone is 2. The lowest BCUT2D eigenvalue weighted by Gasteiger charge is -2.34. The molecule has 12 nitrogen and oxygen atoms in total. The standard InChI is InChI=1S/C41H53F3N4O8S2/c1-7-26-16-24(2)10-8-9-11-27-20-40(27,37(52)47-58(53,54)39(6)13-14-39)21-33(49)32-18-29(55-28-12-15-45-31(17-28)35-46-25(3)23-57-35)22-48(32)36(51)30(26)19-34(50)56-38(4,5)41(42,43)44/h9,11-12,15,17,23-24,26-27,29-30,32H,7-8,10,13-14,16,18-22H2,1-6H3,(H,47,52)/b11-9-/t24-,26-,27-,29-,30+,32+,40-/m1/s1. The number of aromatic nitrogens is 2. The van der Waals surface area contributed by atoms with Crippen LogP contribution in [0.1, 0.15) is 105 Å². The van der Waals surface area contributed by atoms with Gasteiger partial charge in [-0.2, -0.15) is 13.2 Å². The van der Waals surface area contributed by atoms with E-state index in [2.05, 4.69) is 14.7 Å². The summed E-state index contributed by atoms with van der Waals surface area (Å²) >= 11 is 1.41. The molecule has 318 valence electrons. The fourth-order valence-electron chi connectivity index (χ4n) is 8.17. The van der Waals surface area contributed by atoms with Crippen molar-refractivity contribution in [1.29, 1.82) is 0 Å². The lowest BCUT2D eigenvalue weighted by Crippen LogP contribution is -2.49. The lowest BCUT2D eigenvalue weighted by molar-refractivity contribution is -0.257. The van der Waals surface area contributed by atoms with E-state index in [0.717, 1.165) is 19.5 Å². The average molecular weight is 851 g/mol. The fourth-order valence-corrected chi connectivity index (χ4v) is 10.3. The number of hydrogen-bond acceptors (Lipinski definition) is 11. The van der Waals surface area contributed by atoms with E-state index in [-0.39, 0.29) is 31.7 Å². The Morgan fingerprint density at radius 3 is 2.52 bits per heavy atom. The second-order valence-electron chi connectivity index (χ2n) is 17.5. The SMILES string of the molecule is CC[C@@H]1C[C@H](C)CC/C=C\[C@@H]2C[C@@]2(C(=O)NS(=O)(=O)C2(C)CC2)CC(=O)[C@@H]2C[C@@H](Oc3ccnc(-c4nc(C)cs4)c3)CN2C(=O)[C@H]1CC(=O)OC(C)(C)C(F)(F)F. The maximum Gasteiger partial charge on any atom is 0.427 e. The predicted molar refractivity (Wildman–Crippen MR) is 210 cm³/mol. The Kier molecular flexibility index (Phi) is 12.3. The molecule has 2 amide bonds. The van der Waals surface area contributed by atoms with Gasteiger partial charge in [-0.25, -0.2) is 13.4 Å². The Balaban J connectivity index is 1.34. The summed E-state index contributed by atoms with van der Waals surface area (Å²) in [6.45, 7) is 8.69. The first-order chi connectivity index (χ1) is 27.1. The molecular weight excluding hydrogens is 798 g/mol. The van der Waals surface area contributed by atoms with Gasteiger partial charge in [-0.15, -0.1) is 11.3 Å². The van der Waals surface area contributed by atoms with E-state index in [1.807, 2.05) is 38.3 Å². The molecule has 4 aliphatic rings. The van der Waals surface area contributed by atoms with Gasteiger partial charge in [-0.05, 0) is 90.0 Å². The summed E-state index contributed by atoms with van der Waals surface area (Å²) in [5.41, 5.74) is -2.79. The van der Waals surface area contributed by atoms with Crippen LogP contribution < -0.4 is 9.46 Å². The summed E-state index contributed by atoms with van der Waals surface area (Å²) in [7, 11) is -4.02. The number of nitrogens with zero attached hydrogens (tertiary/aromatic N) is 3. The van der Waals surface area contributed by atoms with Crippen LogP contribution in [0.4, 0.5) is 13.2 Å². The minimum atomic E-state index is -4.86. The number of aryl methyl sites for hydroxylation is 1. The average Bonchev–Trinajstić information content (AvgIpc) is 3.94. The minimum absolute atomic E-state index is 0.0125. The molecule has 0 spiro atoms. The van der Waals surface area contributed by atoms with Gasteiger partial charge in [-0.3, -0.25) is 28.9 Å². The van der Waals surface area contributed by atoms with Gasteiger partial charge in [0.2, 0.25) is 27.4 Å². The number of carbonyl (C=O) groups excluding carboxylic acids is 4. The molecule has 2 aromatic heterocycles. The van der Waals surface area contributed by atoms with Crippen LogP contribution in [0.2, 0.25) is 0 Å². The van der Waals surface area contributed by atoms with Gasteiger partial charge in [0.05, 0.1) is 35.1 Å². The van der Waals surface area contributed by atoms with Crippen molar-refractivity contribution >= 4 is 44.9 Å². The van der Waals surface area contributed by atoms with Crippen LogP contribution in [0, 0.1) is 36.0 Å². The van der Waals surface area contributed by atoms with E-state index >= 15 is 0 Å². The maximum absolute atomic E-state index is 14.9. The molecule has 1 N–H and O–H groups in total. The Labute approximate surface area is 341 Å². The number of nitrogens with one attached hydrogen (secondary N) is 1. The van der Waals surface area contributed by atoms with Gasteiger partial charge < -0.3 is 14.4 Å². The Morgan fingerprint density at radius 2 is 1.88 bits per heavy atom. The molecule has 2 aliphatic heterocycles. The summed E-state index contributed by atoms with van der Waals surface area (Å²) in [6, 6.07) is 2.20. The number of alkyl halides is 3. The first kappa shape index (κ1) is 43.7. The van der Waals surface area contributed by atoms with Gasteiger partial charge in [0.1, 0.15) is 22.6 Å². The number of ketones is 1. The monoisotopic (exact) mass is 850 g/mol. The Hall–Kier alpha value is -3.86. The Morgan fingerprint density at radius 1 is 1.16 bits per heavy atom. The van der Waals surface area contributed by atoms with E-state index in [1.54, 1.807) is 25.3 Å². The highest BCUT2D eigenvalue weighted by atomic mass is 32.2. The number of hydrogen-bond donors (Lipinski definition) is 1. The zero-order valence-electron chi connectivity index (χ0n) is 33.8. The molecule has 17 heteroatoms. The molecule has 0 aromatic carbocycles. The number of esters is 1. The van der Waals surface area contributed by atoms with Crippen molar-refractivity contribution in [2.24, 2.45) is 29.1 Å². The van der Waals surface area contributed by atoms with Crippen molar-refractivity contribution < 1.29 is 50.2 Å². The molecule has 3 fully saturated rings. The summed E-state index contributed by atoms with van der Waals surface area (Å²) in [6.07, 6.45) is 2.01. The number of Topliss-reactive ketones (excluding diaryl/α,β-unsaturated/α-hetero) is 1. The second-order valence-corrected chi connectivity index (χ2v) is 20.5. The number of thiazole rings is 1. The van der Waals surface area contributed by atoms with Gasteiger partial charge in [0.25, 0.3) is 0 Å². The molecule has 1 saturated heterocycles. The number of pyridine rings is 1. The van der Waals surface area contributed by atoms with Gasteiger partial charge in [0, 0.05) is 36.2 Å². The number of ether oxygens (including phenoxy) is 2. The predicted octanol–water partition coefficient (Wildman–Crippen LogP) is 7.12. The third kappa shape index (κ3) is 9.29. The highest BCUT2D eigenvalue weighted by Crippen LogP contribution is 2.58. The van der Waals surface area contributed by atoms with Crippen LogP contribution in [0.3, 0.4) is 0 Å². The van der Waals surface area contributed by atoms with Crippen LogP contribution in [0.25, 0.3) is 10.7 Å². The van der Waals surface area contributed by atoms with Crippen LogP contribution in [-0.2, 0) is 33.9 Å². The second kappa shape index (κ2) is 16.3. The summed E-state index contributed by atoms with van der Waals surface area (Å²) in [4.78, 5) is 67.1. The number of amides is 2. The molecule has 2 aromatic rings. The third-order valence-electron chi connectivity index (χ3n) is 12.4. The minimum Gasteiger partial charge on any atom is -0.488 e. The topological polar surface area (TPSA) is 162 Å².